The third-order valence-corrected chi connectivity index (χ3v) is 5.66. The fourth-order valence-electron chi connectivity index (χ4n) is 3.57. The molecule has 42 heavy (non-hydrogen) atoms. The Labute approximate surface area is 237 Å². The maximum atomic E-state index is 13.5. The van der Waals surface area contributed by atoms with Crippen molar-refractivity contribution < 1.29 is 64.8 Å². The predicted octanol–water partition coefficient (Wildman–Crippen LogP) is 3.06. The van der Waals surface area contributed by atoms with Crippen molar-refractivity contribution in [3.8, 4) is 5.75 Å². The first-order valence-electron chi connectivity index (χ1n) is 12.8. The lowest BCUT2D eigenvalue weighted by Crippen LogP contribution is -2.33. The van der Waals surface area contributed by atoms with Gasteiger partial charge in [0.05, 0.1) is 90.2 Å². The number of amides is 2. The molecule has 0 saturated heterocycles. The van der Waals surface area contributed by atoms with Crippen molar-refractivity contribution in [2.75, 3.05) is 72.6 Å². The number of carbonyl (C=O) groups is 3. The second kappa shape index (κ2) is 16.8. The Hall–Kier alpha value is -3.50. The largest absolute Gasteiger partial charge is 0.420 e. The van der Waals surface area contributed by atoms with Crippen LogP contribution in [0.3, 0.4) is 0 Å². The highest BCUT2D eigenvalue weighted by molar-refractivity contribution is 6.21. The summed E-state index contributed by atoms with van der Waals surface area (Å²) in [4.78, 5) is 37.3. The van der Waals surface area contributed by atoms with Crippen LogP contribution in [0, 0.1) is 29.1 Å². The molecule has 0 atom stereocenters. The molecule has 0 spiro atoms. The lowest BCUT2D eigenvalue weighted by Gasteiger charge is -2.13. The second-order valence-corrected chi connectivity index (χ2v) is 8.49. The Morgan fingerprint density at radius 1 is 0.571 bits per heavy atom. The van der Waals surface area contributed by atoms with Gasteiger partial charge in [-0.25, -0.2) is 13.2 Å². The molecule has 230 valence electrons. The summed E-state index contributed by atoms with van der Waals surface area (Å²) in [6, 6.07) is 6.64. The number of fused-ring (bicyclic) bond motifs is 1. The van der Waals surface area contributed by atoms with Gasteiger partial charge in [-0.2, -0.15) is 8.78 Å². The first-order chi connectivity index (χ1) is 20.2. The molecule has 15 heteroatoms. The summed E-state index contributed by atoms with van der Waals surface area (Å²) < 4.78 is 97.0. The Balaban J connectivity index is 1.09. The zero-order chi connectivity index (χ0) is 30.5. The number of ether oxygens (including phenoxy) is 6. The molecule has 0 bridgehead atoms. The average Bonchev–Trinajstić information content (AvgIpc) is 3.23. The summed E-state index contributed by atoms with van der Waals surface area (Å²) in [6.45, 7) is 2.02. The van der Waals surface area contributed by atoms with Crippen LogP contribution in [0.15, 0.2) is 24.3 Å². The summed E-state index contributed by atoms with van der Waals surface area (Å²) >= 11 is 0. The molecule has 1 heterocycles. The molecule has 0 fully saturated rings. The van der Waals surface area contributed by atoms with Crippen molar-refractivity contribution >= 4 is 17.8 Å². The molecule has 0 aromatic heterocycles. The molecular weight excluding hydrogens is 577 g/mol. The van der Waals surface area contributed by atoms with Crippen LogP contribution in [0.1, 0.15) is 27.1 Å². The first kappa shape index (κ1) is 33.0. The maximum Gasteiger partial charge on any atom is 0.313 e. The minimum Gasteiger partial charge on any atom is -0.420 e. The Morgan fingerprint density at radius 2 is 0.952 bits per heavy atom. The van der Waals surface area contributed by atoms with E-state index in [-0.39, 0.29) is 64.6 Å². The molecule has 0 aliphatic carbocycles. The van der Waals surface area contributed by atoms with E-state index in [1.165, 1.54) is 0 Å². The summed E-state index contributed by atoms with van der Waals surface area (Å²) in [5.41, 5.74) is 0.786. The maximum absolute atomic E-state index is 13.5. The molecule has 2 amide bonds. The molecule has 2 aromatic rings. The monoisotopic (exact) mass is 605 g/mol. The number of nitrogens with zero attached hydrogens (tertiary/aromatic N) is 1. The highest BCUT2D eigenvalue weighted by atomic mass is 19.2. The normalized spacial score (nSPS) is 12.7. The Bertz CT molecular complexity index is 1180. The Morgan fingerprint density at radius 3 is 1.40 bits per heavy atom. The minimum atomic E-state index is -2.36. The van der Waals surface area contributed by atoms with Gasteiger partial charge in [0.1, 0.15) is 0 Å². The zero-order valence-electron chi connectivity index (χ0n) is 22.3. The van der Waals surface area contributed by atoms with Crippen LogP contribution in [-0.4, -0.2) is 95.3 Å². The smallest absolute Gasteiger partial charge is 0.313 e. The number of hydrogen-bond acceptors (Lipinski definition) is 9. The number of esters is 1. The molecule has 0 N–H and O–H groups in total. The fourth-order valence-corrected chi connectivity index (χ4v) is 3.57. The van der Waals surface area contributed by atoms with Crippen LogP contribution >= 0.6 is 0 Å². The number of carbonyl (C=O) groups excluding carboxylic acids is 3. The average molecular weight is 606 g/mol. The number of rotatable bonds is 19. The van der Waals surface area contributed by atoms with E-state index in [0.29, 0.717) is 30.9 Å². The van der Waals surface area contributed by atoms with Crippen molar-refractivity contribution in [1.29, 1.82) is 0 Å². The molecule has 3 rings (SSSR count). The van der Waals surface area contributed by atoms with Crippen LogP contribution in [0.4, 0.5) is 22.0 Å². The fraction of sp³-hybridized carbons (Fsp3) is 0.444. The summed E-state index contributed by atoms with van der Waals surface area (Å²) in [7, 11) is 0. The molecular formula is C27H28F5NO9. The number of imide groups is 1. The summed E-state index contributed by atoms with van der Waals surface area (Å²) in [5.74, 6) is -14.9. The van der Waals surface area contributed by atoms with Gasteiger partial charge in [-0.1, -0.05) is 12.1 Å². The van der Waals surface area contributed by atoms with E-state index in [0.717, 1.165) is 4.90 Å². The van der Waals surface area contributed by atoms with Crippen LogP contribution in [0.25, 0.3) is 0 Å². The van der Waals surface area contributed by atoms with Crippen LogP contribution in [-0.2, 0) is 28.5 Å². The van der Waals surface area contributed by atoms with Crippen molar-refractivity contribution in [2.24, 2.45) is 0 Å². The van der Waals surface area contributed by atoms with E-state index in [1.54, 1.807) is 24.3 Å². The standard InChI is InChI=1S/C27H28F5NO9/c28-20-21(29)23(31)25(24(32)22(20)30)42-19(34)5-7-37-9-11-39-13-15-41-16-14-40-12-10-38-8-6-33-26(35)17-3-1-2-4-18(17)27(33)36/h1-4H,5-16H2. The number of hydrogen-bond donors (Lipinski definition) is 0. The molecule has 0 saturated carbocycles. The van der Waals surface area contributed by atoms with Crippen LogP contribution < -0.4 is 4.74 Å². The lowest BCUT2D eigenvalue weighted by atomic mass is 10.1. The van der Waals surface area contributed by atoms with E-state index >= 15 is 0 Å². The number of benzene rings is 2. The highest BCUT2D eigenvalue weighted by Gasteiger charge is 2.34. The number of halogens is 5. The van der Waals surface area contributed by atoms with Gasteiger partial charge in [0.25, 0.3) is 11.8 Å². The quantitative estimate of drug-likeness (QED) is 0.0454. The van der Waals surface area contributed by atoms with Gasteiger partial charge >= 0.3 is 5.97 Å². The molecule has 0 radical (unpaired) electrons. The summed E-state index contributed by atoms with van der Waals surface area (Å²) in [5, 5.41) is 0. The van der Waals surface area contributed by atoms with E-state index in [9.17, 15) is 36.3 Å². The van der Waals surface area contributed by atoms with Crippen LogP contribution in [0.5, 0.6) is 5.75 Å². The van der Waals surface area contributed by atoms with Gasteiger partial charge in [0, 0.05) is 0 Å². The van der Waals surface area contributed by atoms with Gasteiger partial charge in [-0.05, 0) is 12.1 Å². The van der Waals surface area contributed by atoms with E-state index < -0.39 is 47.2 Å². The van der Waals surface area contributed by atoms with Gasteiger partial charge in [0.15, 0.2) is 0 Å². The van der Waals surface area contributed by atoms with Gasteiger partial charge in [-0.3, -0.25) is 19.3 Å². The molecule has 2 aromatic carbocycles. The topological polar surface area (TPSA) is 110 Å². The lowest BCUT2D eigenvalue weighted by molar-refractivity contribution is -0.136. The summed E-state index contributed by atoms with van der Waals surface area (Å²) in [6.07, 6.45) is -0.500. The first-order valence-corrected chi connectivity index (χ1v) is 12.8. The van der Waals surface area contributed by atoms with Crippen molar-refractivity contribution in [2.45, 2.75) is 6.42 Å². The molecule has 10 nitrogen and oxygen atoms in total. The highest BCUT2D eigenvalue weighted by Crippen LogP contribution is 2.29. The van der Waals surface area contributed by atoms with E-state index in [1.807, 2.05) is 0 Å². The third kappa shape index (κ3) is 9.00. The van der Waals surface area contributed by atoms with Gasteiger partial charge in [-0.15, -0.1) is 0 Å². The molecule has 0 unspecified atom stereocenters. The second-order valence-electron chi connectivity index (χ2n) is 8.49. The zero-order valence-corrected chi connectivity index (χ0v) is 22.3. The Kier molecular flexibility index (Phi) is 13.2. The van der Waals surface area contributed by atoms with E-state index in [4.69, 9.17) is 23.7 Å². The van der Waals surface area contributed by atoms with Gasteiger partial charge in [0.2, 0.25) is 34.8 Å². The van der Waals surface area contributed by atoms with Crippen LogP contribution in [0.2, 0.25) is 0 Å². The van der Waals surface area contributed by atoms with Crippen molar-refractivity contribution in [1.82, 2.24) is 4.90 Å². The van der Waals surface area contributed by atoms with Crippen molar-refractivity contribution in [3.05, 3.63) is 64.5 Å². The van der Waals surface area contributed by atoms with Gasteiger partial charge < -0.3 is 28.4 Å². The molecule has 1 aliphatic rings. The third-order valence-electron chi connectivity index (χ3n) is 5.66. The molecule has 1 aliphatic heterocycles. The predicted molar refractivity (Wildman–Crippen MR) is 132 cm³/mol. The SMILES string of the molecule is O=C(CCOCCOCCOCCOCCOCCN1C(=O)c2ccccc2C1=O)Oc1c(F)c(F)c(F)c(F)c1F. The van der Waals surface area contributed by atoms with E-state index in [2.05, 4.69) is 4.74 Å². The minimum absolute atomic E-state index is 0.0614. The van der Waals surface area contributed by atoms with Crippen molar-refractivity contribution in [3.63, 3.8) is 0 Å².